The molecule has 0 saturated heterocycles. The first-order valence-corrected chi connectivity index (χ1v) is 6.14. The quantitative estimate of drug-likeness (QED) is 0.516. The molecular weight excluding hydrogens is 286 g/mol. The first kappa shape index (κ1) is 14.0. The number of nitrogen functional groups attached to an aromatic ring is 1. The number of hydrogen-bond acceptors (Lipinski definition) is 4. The molecule has 0 fully saturated rings. The minimum Gasteiger partial charge on any atom is -0.460 e. The van der Waals surface area contributed by atoms with Gasteiger partial charge in [0.05, 0.1) is 24.0 Å². The van der Waals surface area contributed by atoms with Gasteiger partial charge in [0, 0.05) is 4.47 Å². The maximum absolute atomic E-state index is 11.7. The Balaban J connectivity index is 2.50. The van der Waals surface area contributed by atoms with Crippen molar-refractivity contribution in [3.8, 4) is 0 Å². The van der Waals surface area contributed by atoms with Gasteiger partial charge in [-0.2, -0.15) is 0 Å². The molecule has 0 saturated carbocycles. The molecule has 0 spiro atoms. The number of nitrogens with two attached hydrogens (primary N) is 1. The summed E-state index contributed by atoms with van der Waals surface area (Å²) in [4.78, 5) is 11.7. The molecule has 0 unspecified atom stereocenters. The molecule has 94 valence electrons. The van der Waals surface area contributed by atoms with Gasteiger partial charge in [-0.05, 0) is 41.9 Å². The highest BCUT2D eigenvalue weighted by atomic mass is 79.9. The summed E-state index contributed by atoms with van der Waals surface area (Å²) in [5.74, 6) is -0.434. The molecule has 5 heteroatoms. The standard InChI is InChI=1S/C12H16BrNO3/c1-8(2)16-6-7-17-12(15)9-4-3-5-10(13)11(9)14/h3-5,8H,6-7,14H2,1-2H3. The van der Waals surface area contributed by atoms with E-state index in [1.54, 1.807) is 18.2 Å². The summed E-state index contributed by atoms with van der Waals surface area (Å²) in [5, 5.41) is 0. The van der Waals surface area contributed by atoms with Crippen LogP contribution in [0.2, 0.25) is 0 Å². The minimum absolute atomic E-state index is 0.129. The number of benzene rings is 1. The third-order valence-electron chi connectivity index (χ3n) is 2.04. The predicted molar refractivity (Wildman–Crippen MR) is 69.9 cm³/mol. The average molecular weight is 302 g/mol. The fourth-order valence-electron chi connectivity index (χ4n) is 1.21. The minimum atomic E-state index is -0.434. The highest BCUT2D eigenvalue weighted by Gasteiger charge is 2.12. The van der Waals surface area contributed by atoms with Gasteiger partial charge in [-0.25, -0.2) is 4.79 Å². The van der Waals surface area contributed by atoms with Crippen molar-refractivity contribution in [1.82, 2.24) is 0 Å². The van der Waals surface area contributed by atoms with Gasteiger partial charge in [-0.1, -0.05) is 6.07 Å². The number of carbonyl (C=O) groups is 1. The number of carbonyl (C=O) groups excluding carboxylic acids is 1. The van der Waals surface area contributed by atoms with Crippen LogP contribution in [0.5, 0.6) is 0 Å². The normalized spacial score (nSPS) is 10.6. The van der Waals surface area contributed by atoms with Crippen molar-refractivity contribution in [3.05, 3.63) is 28.2 Å². The molecule has 0 amide bonds. The van der Waals surface area contributed by atoms with Gasteiger partial charge in [-0.3, -0.25) is 0 Å². The number of ether oxygens (including phenoxy) is 2. The Morgan fingerprint density at radius 2 is 2.12 bits per heavy atom. The molecule has 0 heterocycles. The van der Waals surface area contributed by atoms with Crippen molar-refractivity contribution in [2.24, 2.45) is 0 Å². The molecule has 1 rings (SSSR count). The molecular formula is C12H16BrNO3. The van der Waals surface area contributed by atoms with Crippen LogP contribution in [0.4, 0.5) is 5.69 Å². The second kappa shape index (κ2) is 6.61. The summed E-state index contributed by atoms with van der Waals surface area (Å²) in [6.45, 7) is 4.46. The van der Waals surface area contributed by atoms with E-state index in [1.165, 1.54) is 0 Å². The summed E-state index contributed by atoms with van der Waals surface area (Å²) in [6, 6.07) is 5.14. The SMILES string of the molecule is CC(C)OCCOC(=O)c1cccc(Br)c1N. The van der Waals surface area contributed by atoms with E-state index in [1.807, 2.05) is 13.8 Å². The Morgan fingerprint density at radius 3 is 2.76 bits per heavy atom. The highest BCUT2D eigenvalue weighted by molar-refractivity contribution is 9.10. The van der Waals surface area contributed by atoms with E-state index >= 15 is 0 Å². The average Bonchev–Trinajstić information content (AvgIpc) is 2.27. The smallest absolute Gasteiger partial charge is 0.340 e. The summed E-state index contributed by atoms with van der Waals surface area (Å²) in [5.41, 5.74) is 6.51. The van der Waals surface area contributed by atoms with Gasteiger partial charge in [0.15, 0.2) is 0 Å². The maximum atomic E-state index is 11.7. The summed E-state index contributed by atoms with van der Waals surface area (Å²) in [6.07, 6.45) is 0.129. The Kier molecular flexibility index (Phi) is 5.44. The number of anilines is 1. The zero-order chi connectivity index (χ0) is 12.8. The lowest BCUT2D eigenvalue weighted by atomic mass is 10.2. The van der Waals surface area contributed by atoms with E-state index < -0.39 is 5.97 Å². The van der Waals surface area contributed by atoms with Gasteiger partial charge < -0.3 is 15.2 Å². The Hall–Kier alpha value is -1.07. The van der Waals surface area contributed by atoms with Crippen molar-refractivity contribution in [2.75, 3.05) is 18.9 Å². The van der Waals surface area contributed by atoms with Crippen LogP contribution in [-0.4, -0.2) is 25.3 Å². The molecule has 0 radical (unpaired) electrons. The Bertz CT molecular complexity index is 393. The summed E-state index contributed by atoms with van der Waals surface area (Å²) < 4.78 is 11.0. The predicted octanol–water partition coefficient (Wildman–Crippen LogP) is 2.61. The van der Waals surface area contributed by atoms with E-state index in [-0.39, 0.29) is 12.7 Å². The van der Waals surface area contributed by atoms with E-state index in [4.69, 9.17) is 15.2 Å². The second-order valence-corrected chi connectivity index (χ2v) is 4.61. The number of halogens is 1. The van der Waals surface area contributed by atoms with Crippen molar-refractivity contribution >= 4 is 27.6 Å². The number of hydrogen-bond donors (Lipinski definition) is 1. The molecule has 0 bridgehead atoms. The molecule has 1 aromatic rings. The number of rotatable bonds is 5. The molecule has 17 heavy (non-hydrogen) atoms. The molecule has 0 aliphatic heterocycles. The van der Waals surface area contributed by atoms with Crippen LogP contribution >= 0.6 is 15.9 Å². The fraction of sp³-hybridized carbons (Fsp3) is 0.417. The molecule has 2 N–H and O–H groups in total. The second-order valence-electron chi connectivity index (χ2n) is 3.76. The van der Waals surface area contributed by atoms with E-state index in [2.05, 4.69) is 15.9 Å². The van der Waals surface area contributed by atoms with Crippen LogP contribution in [0.3, 0.4) is 0 Å². The molecule has 0 aromatic heterocycles. The first-order chi connectivity index (χ1) is 8.02. The van der Waals surface area contributed by atoms with Gasteiger partial charge >= 0.3 is 5.97 Å². The molecule has 0 atom stereocenters. The maximum Gasteiger partial charge on any atom is 0.340 e. The lowest BCUT2D eigenvalue weighted by molar-refractivity contribution is 0.0177. The van der Waals surface area contributed by atoms with Crippen LogP contribution in [0.25, 0.3) is 0 Å². The number of para-hydroxylation sites is 1. The van der Waals surface area contributed by atoms with Gasteiger partial charge in [0.1, 0.15) is 6.61 Å². The zero-order valence-corrected chi connectivity index (χ0v) is 11.5. The molecule has 0 aliphatic carbocycles. The van der Waals surface area contributed by atoms with E-state index in [9.17, 15) is 4.79 Å². The van der Waals surface area contributed by atoms with E-state index in [0.717, 1.165) is 0 Å². The monoisotopic (exact) mass is 301 g/mol. The Morgan fingerprint density at radius 1 is 1.41 bits per heavy atom. The fourth-order valence-corrected chi connectivity index (χ4v) is 1.58. The molecule has 4 nitrogen and oxygen atoms in total. The largest absolute Gasteiger partial charge is 0.460 e. The van der Waals surface area contributed by atoms with Gasteiger partial charge in [0.2, 0.25) is 0 Å². The summed E-state index contributed by atoms with van der Waals surface area (Å²) >= 11 is 3.26. The summed E-state index contributed by atoms with van der Waals surface area (Å²) in [7, 11) is 0. The Labute approximate surface area is 109 Å². The highest BCUT2D eigenvalue weighted by Crippen LogP contribution is 2.23. The topological polar surface area (TPSA) is 61.5 Å². The van der Waals surface area contributed by atoms with Crippen LogP contribution in [0.15, 0.2) is 22.7 Å². The van der Waals surface area contributed by atoms with Crippen molar-refractivity contribution in [1.29, 1.82) is 0 Å². The molecule has 0 aliphatic rings. The lowest BCUT2D eigenvalue weighted by Crippen LogP contribution is -2.14. The zero-order valence-electron chi connectivity index (χ0n) is 9.90. The molecule has 1 aromatic carbocycles. The van der Waals surface area contributed by atoms with Gasteiger partial charge in [0.25, 0.3) is 0 Å². The van der Waals surface area contributed by atoms with E-state index in [0.29, 0.717) is 22.3 Å². The first-order valence-electron chi connectivity index (χ1n) is 5.35. The van der Waals surface area contributed by atoms with Crippen molar-refractivity contribution in [2.45, 2.75) is 20.0 Å². The third kappa shape index (κ3) is 4.36. The van der Waals surface area contributed by atoms with Crippen molar-refractivity contribution in [3.63, 3.8) is 0 Å². The van der Waals surface area contributed by atoms with Crippen LogP contribution in [0, 0.1) is 0 Å². The van der Waals surface area contributed by atoms with Crippen molar-refractivity contribution < 1.29 is 14.3 Å². The number of esters is 1. The van der Waals surface area contributed by atoms with Gasteiger partial charge in [-0.15, -0.1) is 0 Å². The lowest BCUT2D eigenvalue weighted by Gasteiger charge is -2.09. The van der Waals surface area contributed by atoms with Crippen LogP contribution in [-0.2, 0) is 9.47 Å². The van der Waals surface area contributed by atoms with Crippen LogP contribution in [0.1, 0.15) is 24.2 Å². The van der Waals surface area contributed by atoms with Crippen LogP contribution < -0.4 is 5.73 Å². The third-order valence-corrected chi connectivity index (χ3v) is 2.73.